The molecule has 4 atom stereocenters. The molecule has 4 unspecified atom stereocenters. The molecule has 0 aromatic heterocycles. The fourth-order valence-corrected chi connectivity index (χ4v) is 2.69. The number of ether oxygens (including phenoxy) is 1. The van der Waals surface area contributed by atoms with Crippen LogP contribution < -0.4 is 11.1 Å². The van der Waals surface area contributed by atoms with Crippen molar-refractivity contribution in [3.63, 3.8) is 0 Å². The monoisotopic (exact) mass is 290 g/mol. The maximum Gasteiger partial charge on any atom is 0.224 e. The number of carbonyl (C=O) groups is 1. The zero-order chi connectivity index (χ0) is 15.2. The van der Waals surface area contributed by atoms with E-state index < -0.39 is 0 Å². The Bertz CT molecular complexity index is 447. The molecule has 2 rings (SSSR count). The molecule has 1 saturated heterocycles. The summed E-state index contributed by atoms with van der Waals surface area (Å²) in [6.07, 6.45) is 2.20. The van der Waals surface area contributed by atoms with Gasteiger partial charge < -0.3 is 15.8 Å². The highest BCUT2D eigenvalue weighted by molar-refractivity contribution is 5.78. The van der Waals surface area contributed by atoms with Crippen LogP contribution in [0, 0.1) is 11.8 Å². The van der Waals surface area contributed by atoms with Gasteiger partial charge in [0, 0.05) is 31.0 Å². The van der Waals surface area contributed by atoms with Crippen LogP contribution in [0.2, 0.25) is 0 Å². The van der Waals surface area contributed by atoms with Gasteiger partial charge in [0.25, 0.3) is 0 Å². The van der Waals surface area contributed by atoms with E-state index in [9.17, 15) is 4.79 Å². The van der Waals surface area contributed by atoms with Crippen molar-refractivity contribution < 1.29 is 9.53 Å². The highest BCUT2D eigenvalue weighted by atomic mass is 16.5. The predicted octanol–water partition coefficient (Wildman–Crippen LogP) is 2.25. The molecule has 0 bridgehead atoms. The molecule has 4 heteroatoms. The average Bonchev–Trinajstić information content (AvgIpc) is 2.52. The van der Waals surface area contributed by atoms with Gasteiger partial charge in [-0.2, -0.15) is 0 Å². The quantitative estimate of drug-likeness (QED) is 0.874. The van der Waals surface area contributed by atoms with E-state index in [-0.39, 0.29) is 24.0 Å². The van der Waals surface area contributed by atoms with Crippen LogP contribution in [0.4, 0.5) is 0 Å². The van der Waals surface area contributed by atoms with Crippen molar-refractivity contribution in [3.8, 4) is 0 Å². The maximum absolute atomic E-state index is 12.0. The molecule has 0 radical (unpaired) electrons. The summed E-state index contributed by atoms with van der Waals surface area (Å²) in [7, 11) is 0. The summed E-state index contributed by atoms with van der Waals surface area (Å²) in [5.74, 6) is 0.192. The second-order valence-corrected chi connectivity index (χ2v) is 6.00. The molecule has 116 valence electrons. The van der Waals surface area contributed by atoms with Crippen LogP contribution in [0.5, 0.6) is 0 Å². The van der Waals surface area contributed by atoms with E-state index in [2.05, 4.69) is 17.4 Å². The standard InChI is InChI=1S/C17H26N2O2/c1-12(13(2)18)17(20)19-11-15-9-6-10-21-16(15)14-7-4-3-5-8-14/h3-5,7-8,12-13,15-16H,6,9-11,18H2,1-2H3,(H,19,20). The van der Waals surface area contributed by atoms with E-state index in [4.69, 9.17) is 10.5 Å². The molecule has 1 fully saturated rings. The Morgan fingerprint density at radius 2 is 2.10 bits per heavy atom. The zero-order valence-corrected chi connectivity index (χ0v) is 12.9. The normalized spacial score (nSPS) is 25.1. The van der Waals surface area contributed by atoms with Gasteiger partial charge in [-0.1, -0.05) is 37.3 Å². The number of carbonyl (C=O) groups excluding carboxylic acids is 1. The number of amides is 1. The van der Waals surface area contributed by atoms with E-state index in [1.54, 1.807) is 0 Å². The molecular formula is C17H26N2O2. The van der Waals surface area contributed by atoms with Crippen LogP contribution >= 0.6 is 0 Å². The van der Waals surface area contributed by atoms with Crippen LogP contribution in [0.15, 0.2) is 30.3 Å². The van der Waals surface area contributed by atoms with Crippen LogP contribution in [-0.4, -0.2) is 25.1 Å². The van der Waals surface area contributed by atoms with E-state index >= 15 is 0 Å². The number of benzene rings is 1. The van der Waals surface area contributed by atoms with Crippen molar-refractivity contribution in [2.75, 3.05) is 13.2 Å². The number of nitrogens with one attached hydrogen (secondary N) is 1. The van der Waals surface area contributed by atoms with Gasteiger partial charge in [0.2, 0.25) is 5.91 Å². The second-order valence-electron chi connectivity index (χ2n) is 6.00. The van der Waals surface area contributed by atoms with Gasteiger partial charge >= 0.3 is 0 Å². The molecule has 21 heavy (non-hydrogen) atoms. The molecule has 4 nitrogen and oxygen atoms in total. The molecule has 1 aromatic rings. The van der Waals surface area contributed by atoms with E-state index in [1.165, 1.54) is 5.56 Å². The van der Waals surface area contributed by atoms with Crippen LogP contribution in [0.3, 0.4) is 0 Å². The van der Waals surface area contributed by atoms with Gasteiger partial charge in [0.1, 0.15) is 0 Å². The fourth-order valence-electron chi connectivity index (χ4n) is 2.69. The summed E-state index contributed by atoms with van der Waals surface area (Å²) in [5.41, 5.74) is 6.97. The van der Waals surface area contributed by atoms with Crippen molar-refractivity contribution in [2.24, 2.45) is 17.6 Å². The first-order chi connectivity index (χ1) is 10.1. The highest BCUT2D eigenvalue weighted by Crippen LogP contribution is 2.33. The predicted molar refractivity (Wildman–Crippen MR) is 83.7 cm³/mol. The first kappa shape index (κ1) is 16.0. The molecule has 1 heterocycles. The Kier molecular flexibility index (Phi) is 5.76. The summed E-state index contributed by atoms with van der Waals surface area (Å²) >= 11 is 0. The summed E-state index contributed by atoms with van der Waals surface area (Å²) in [6, 6.07) is 10.1. The Morgan fingerprint density at radius 1 is 1.38 bits per heavy atom. The summed E-state index contributed by atoms with van der Waals surface area (Å²) in [5, 5.41) is 3.03. The SMILES string of the molecule is CC(N)C(C)C(=O)NCC1CCCOC1c1ccccc1. The minimum atomic E-state index is -0.162. The summed E-state index contributed by atoms with van der Waals surface area (Å²) in [6.45, 7) is 5.17. The van der Waals surface area contributed by atoms with Gasteiger partial charge in [-0.05, 0) is 25.3 Å². The van der Waals surface area contributed by atoms with Gasteiger partial charge in [0.05, 0.1) is 6.10 Å². The molecule has 0 spiro atoms. The maximum atomic E-state index is 12.0. The minimum absolute atomic E-state index is 0.0300. The molecular weight excluding hydrogens is 264 g/mol. The summed E-state index contributed by atoms with van der Waals surface area (Å²) in [4.78, 5) is 12.0. The van der Waals surface area contributed by atoms with Crippen LogP contribution in [0.25, 0.3) is 0 Å². The lowest BCUT2D eigenvalue weighted by Gasteiger charge is -2.32. The lowest BCUT2D eigenvalue weighted by atomic mass is 9.89. The number of hydrogen-bond donors (Lipinski definition) is 2. The number of hydrogen-bond acceptors (Lipinski definition) is 3. The Labute approximate surface area is 127 Å². The molecule has 1 aliphatic heterocycles. The second kappa shape index (κ2) is 7.57. The largest absolute Gasteiger partial charge is 0.373 e. The van der Waals surface area contributed by atoms with Crippen molar-refractivity contribution in [1.29, 1.82) is 0 Å². The summed E-state index contributed by atoms with van der Waals surface area (Å²) < 4.78 is 5.94. The number of nitrogens with two attached hydrogens (primary N) is 1. The van der Waals surface area contributed by atoms with E-state index in [0.717, 1.165) is 19.4 Å². The third kappa shape index (κ3) is 4.29. The fraction of sp³-hybridized carbons (Fsp3) is 0.588. The number of rotatable bonds is 5. The average molecular weight is 290 g/mol. The molecule has 1 aliphatic rings. The first-order valence-electron chi connectivity index (χ1n) is 7.79. The van der Waals surface area contributed by atoms with Crippen LogP contribution in [-0.2, 0) is 9.53 Å². The van der Waals surface area contributed by atoms with Crippen molar-refractivity contribution in [1.82, 2.24) is 5.32 Å². The van der Waals surface area contributed by atoms with Crippen molar-refractivity contribution in [2.45, 2.75) is 38.8 Å². The van der Waals surface area contributed by atoms with Crippen LogP contribution in [0.1, 0.15) is 38.4 Å². The lowest BCUT2D eigenvalue weighted by Crippen LogP contribution is -2.42. The Morgan fingerprint density at radius 3 is 2.76 bits per heavy atom. The molecule has 0 aliphatic carbocycles. The third-order valence-corrected chi connectivity index (χ3v) is 4.31. The van der Waals surface area contributed by atoms with Gasteiger partial charge in [0.15, 0.2) is 0 Å². The topological polar surface area (TPSA) is 64.4 Å². The molecule has 1 amide bonds. The van der Waals surface area contributed by atoms with Gasteiger partial charge in [-0.25, -0.2) is 0 Å². The Hall–Kier alpha value is -1.39. The van der Waals surface area contributed by atoms with Crippen molar-refractivity contribution in [3.05, 3.63) is 35.9 Å². The van der Waals surface area contributed by atoms with Gasteiger partial charge in [-0.3, -0.25) is 4.79 Å². The minimum Gasteiger partial charge on any atom is -0.373 e. The third-order valence-electron chi connectivity index (χ3n) is 4.31. The van der Waals surface area contributed by atoms with E-state index in [0.29, 0.717) is 12.5 Å². The zero-order valence-electron chi connectivity index (χ0n) is 12.9. The highest BCUT2D eigenvalue weighted by Gasteiger charge is 2.28. The van der Waals surface area contributed by atoms with Gasteiger partial charge in [-0.15, -0.1) is 0 Å². The van der Waals surface area contributed by atoms with Crippen molar-refractivity contribution >= 4 is 5.91 Å². The molecule has 3 N–H and O–H groups in total. The molecule has 0 saturated carbocycles. The Balaban J connectivity index is 1.95. The van der Waals surface area contributed by atoms with E-state index in [1.807, 2.05) is 32.0 Å². The first-order valence-corrected chi connectivity index (χ1v) is 7.79. The smallest absolute Gasteiger partial charge is 0.224 e. The molecule has 1 aromatic carbocycles. The lowest BCUT2D eigenvalue weighted by molar-refractivity contribution is -0.125.